The Morgan fingerprint density at radius 3 is 2.65 bits per heavy atom. The highest BCUT2D eigenvalue weighted by Gasteiger charge is 2.26. The maximum absolute atomic E-state index is 13.8. The highest BCUT2D eigenvalue weighted by Crippen LogP contribution is 2.23. The molecule has 104 valence electrons. The summed E-state index contributed by atoms with van der Waals surface area (Å²) in [6, 6.07) is 2.72. The molecule has 0 aliphatic carbocycles. The fourth-order valence-corrected chi connectivity index (χ4v) is 1.55. The van der Waals surface area contributed by atoms with Crippen molar-refractivity contribution in [3.05, 3.63) is 51.7 Å². The number of hydrogen-bond donors (Lipinski definition) is 1. The summed E-state index contributed by atoms with van der Waals surface area (Å²) in [6.45, 7) is 0. The number of carbonyl (C=O) groups is 1. The van der Waals surface area contributed by atoms with Crippen LogP contribution in [0.15, 0.2) is 24.4 Å². The number of aromatic nitrogens is 2. The van der Waals surface area contributed by atoms with E-state index in [1.807, 2.05) is 0 Å². The van der Waals surface area contributed by atoms with Crippen molar-refractivity contribution in [3.63, 3.8) is 0 Å². The number of aryl methyl sites for hydroxylation is 1. The van der Waals surface area contributed by atoms with Crippen molar-refractivity contribution in [2.24, 2.45) is 7.05 Å². The topological polar surface area (TPSA) is 90.1 Å². The van der Waals surface area contributed by atoms with E-state index in [9.17, 15) is 23.7 Å². The zero-order valence-electron chi connectivity index (χ0n) is 10.1. The molecule has 0 saturated carbocycles. The number of hydrogen-bond acceptors (Lipinski definition) is 4. The standard InChI is InChI=1S/C11H8F2N4O3/c1-16-5-4-8(15-16)14-11(18)9-6(12)2-3-7(10(9)13)17(19)20/h2-5H,1H3,(H,14,15,18). The van der Waals surface area contributed by atoms with Crippen molar-refractivity contribution >= 4 is 17.4 Å². The third-order valence-electron chi connectivity index (χ3n) is 2.45. The minimum absolute atomic E-state index is 0.0720. The van der Waals surface area contributed by atoms with Gasteiger partial charge in [-0.05, 0) is 6.07 Å². The Morgan fingerprint density at radius 2 is 2.10 bits per heavy atom. The first-order valence-electron chi connectivity index (χ1n) is 5.33. The van der Waals surface area contributed by atoms with E-state index in [4.69, 9.17) is 0 Å². The van der Waals surface area contributed by atoms with Crippen LogP contribution in [0.5, 0.6) is 0 Å². The number of carbonyl (C=O) groups excluding carboxylic acids is 1. The lowest BCUT2D eigenvalue weighted by Gasteiger charge is -2.05. The number of nitrogens with zero attached hydrogens (tertiary/aromatic N) is 3. The van der Waals surface area contributed by atoms with Gasteiger partial charge in [-0.2, -0.15) is 9.49 Å². The molecule has 0 fully saturated rings. The smallest absolute Gasteiger partial charge is 0.305 e. The zero-order chi connectivity index (χ0) is 14.9. The third-order valence-corrected chi connectivity index (χ3v) is 2.45. The molecule has 1 aromatic carbocycles. The van der Waals surface area contributed by atoms with Gasteiger partial charge in [-0.3, -0.25) is 19.6 Å². The normalized spacial score (nSPS) is 10.3. The minimum Gasteiger partial charge on any atom is -0.305 e. The second kappa shape index (κ2) is 5.03. The van der Waals surface area contributed by atoms with E-state index in [1.165, 1.54) is 16.9 Å². The lowest BCUT2D eigenvalue weighted by Crippen LogP contribution is -2.17. The van der Waals surface area contributed by atoms with E-state index in [0.29, 0.717) is 12.1 Å². The van der Waals surface area contributed by atoms with Crippen LogP contribution in [-0.2, 0) is 7.05 Å². The van der Waals surface area contributed by atoms with Crippen LogP contribution in [0.1, 0.15) is 10.4 Å². The van der Waals surface area contributed by atoms with E-state index in [0.717, 1.165) is 0 Å². The number of benzene rings is 1. The van der Waals surface area contributed by atoms with Gasteiger partial charge in [0.25, 0.3) is 5.91 Å². The van der Waals surface area contributed by atoms with E-state index < -0.39 is 33.7 Å². The summed E-state index contributed by atoms with van der Waals surface area (Å²) >= 11 is 0. The van der Waals surface area contributed by atoms with Crippen LogP contribution in [0.3, 0.4) is 0 Å². The lowest BCUT2D eigenvalue weighted by atomic mass is 10.1. The van der Waals surface area contributed by atoms with Crippen molar-refractivity contribution in [3.8, 4) is 0 Å². The van der Waals surface area contributed by atoms with Gasteiger partial charge >= 0.3 is 5.69 Å². The van der Waals surface area contributed by atoms with Gasteiger partial charge < -0.3 is 5.32 Å². The summed E-state index contributed by atoms with van der Waals surface area (Å²) < 4.78 is 28.6. The van der Waals surface area contributed by atoms with Crippen LogP contribution in [0.4, 0.5) is 20.3 Å². The molecule has 0 aliphatic heterocycles. The molecule has 7 nitrogen and oxygen atoms in total. The molecule has 2 rings (SSSR count). The van der Waals surface area contributed by atoms with Crippen molar-refractivity contribution in [2.75, 3.05) is 5.32 Å². The first-order chi connectivity index (χ1) is 9.40. The highest BCUT2D eigenvalue weighted by molar-refractivity contribution is 6.04. The van der Waals surface area contributed by atoms with Crippen LogP contribution < -0.4 is 5.32 Å². The largest absolute Gasteiger partial charge is 0.305 e. The van der Waals surface area contributed by atoms with Crippen LogP contribution in [0.25, 0.3) is 0 Å². The number of amides is 1. The summed E-state index contributed by atoms with van der Waals surface area (Å²) in [7, 11) is 1.59. The number of halogens is 2. The zero-order valence-corrected chi connectivity index (χ0v) is 10.1. The maximum atomic E-state index is 13.8. The van der Waals surface area contributed by atoms with Crippen molar-refractivity contribution < 1.29 is 18.5 Å². The lowest BCUT2D eigenvalue weighted by molar-refractivity contribution is -0.387. The van der Waals surface area contributed by atoms with Gasteiger partial charge in [0, 0.05) is 25.4 Å². The third kappa shape index (κ3) is 2.46. The van der Waals surface area contributed by atoms with Gasteiger partial charge in [-0.25, -0.2) is 4.39 Å². The fourth-order valence-electron chi connectivity index (χ4n) is 1.55. The molecule has 9 heteroatoms. The summed E-state index contributed by atoms with van der Waals surface area (Å²) in [4.78, 5) is 21.3. The molecule has 0 aliphatic rings. The number of nitro groups is 1. The molecule has 0 radical (unpaired) electrons. The maximum Gasteiger partial charge on any atom is 0.305 e. The van der Waals surface area contributed by atoms with Crippen LogP contribution in [0, 0.1) is 21.7 Å². The predicted octanol–water partition coefficient (Wildman–Crippen LogP) is 1.86. The molecular formula is C11H8F2N4O3. The molecule has 1 N–H and O–H groups in total. The number of rotatable bonds is 3. The van der Waals surface area contributed by atoms with Crippen molar-refractivity contribution in [1.82, 2.24) is 9.78 Å². The second-order valence-corrected chi connectivity index (χ2v) is 3.84. The molecular weight excluding hydrogens is 274 g/mol. The molecule has 0 saturated heterocycles. The molecule has 0 spiro atoms. The molecule has 1 aromatic heterocycles. The second-order valence-electron chi connectivity index (χ2n) is 3.84. The Balaban J connectivity index is 2.38. The Labute approximate surface area is 111 Å². The van der Waals surface area contributed by atoms with Gasteiger partial charge in [0.1, 0.15) is 11.4 Å². The number of nitro benzene ring substituents is 1. The first kappa shape index (κ1) is 13.6. The Hall–Kier alpha value is -2.84. The van der Waals surface area contributed by atoms with Gasteiger partial charge in [-0.1, -0.05) is 0 Å². The Bertz CT molecular complexity index is 699. The fraction of sp³-hybridized carbons (Fsp3) is 0.0909. The molecule has 0 atom stereocenters. The van der Waals surface area contributed by atoms with E-state index in [1.54, 1.807) is 7.05 Å². The van der Waals surface area contributed by atoms with Gasteiger partial charge in [0.05, 0.1) is 4.92 Å². The Kier molecular flexibility index (Phi) is 3.42. The molecule has 1 amide bonds. The van der Waals surface area contributed by atoms with Gasteiger partial charge in [-0.15, -0.1) is 0 Å². The highest BCUT2D eigenvalue weighted by atomic mass is 19.1. The summed E-state index contributed by atoms with van der Waals surface area (Å²) in [5, 5.41) is 16.5. The van der Waals surface area contributed by atoms with Gasteiger partial charge in [0.2, 0.25) is 5.82 Å². The Morgan fingerprint density at radius 1 is 1.40 bits per heavy atom. The number of nitrogens with one attached hydrogen (secondary N) is 1. The number of anilines is 1. The summed E-state index contributed by atoms with van der Waals surface area (Å²) in [5.74, 6) is -3.80. The monoisotopic (exact) mass is 282 g/mol. The molecule has 1 heterocycles. The molecule has 2 aromatic rings. The average Bonchev–Trinajstić information content (AvgIpc) is 2.74. The average molecular weight is 282 g/mol. The quantitative estimate of drug-likeness (QED) is 0.687. The van der Waals surface area contributed by atoms with Crippen LogP contribution >= 0.6 is 0 Å². The molecule has 20 heavy (non-hydrogen) atoms. The minimum atomic E-state index is -1.52. The summed E-state index contributed by atoms with van der Waals surface area (Å²) in [5.41, 5.74) is -2.00. The summed E-state index contributed by atoms with van der Waals surface area (Å²) in [6.07, 6.45) is 1.51. The van der Waals surface area contributed by atoms with Crippen LogP contribution in [-0.4, -0.2) is 20.6 Å². The van der Waals surface area contributed by atoms with E-state index in [-0.39, 0.29) is 5.82 Å². The first-order valence-corrected chi connectivity index (χ1v) is 5.33. The van der Waals surface area contributed by atoms with Crippen molar-refractivity contribution in [1.29, 1.82) is 0 Å². The van der Waals surface area contributed by atoms with E-state index in [2.05, 4.69) is 10.4 Å². The molecule has 0 unspecified atom stereocenters. The predicted molar refractivity (Wildman–Crippen MR) is 64.2 cm³/mol. The van der Waals surface area contributed by atoms with Crippen molar-refractivity contribution in [2.45, 2.75) is 0 Å². The van der Waals surface area contributed by atoms with Gasteiger partial charge in [0.15, 0.2) is 5.82 Å². The van der Waals surface area contributed by atoms with Crippen LogP contribution in [0.2, 0.25) is 0 Å². The van der Waals surface area contributed by atoms with E-state index >= 15 is 0 Å². The molecule has 0 bridgehead atoms. The SMILES string of the molecule is Cn1ccc(NC(=O)c2c(F)ccc([N+](=O)[O-])c2F)n1.